The van der Waals surface area contributed by atoms with Gasteiger partial charge in [0.25, 0.3) is 0 Å². The van der Waals surface area contributed by atoms with E-state index < -0.39 is 0 Å². The van der Waals surface area contributed by atoms with E-state index in [-0.39, 0.29) is 11.2 Å². The zero-order valence-electron chi connectivity index (χ0n) is 12.1. The maximum absolute atomic E-state index is 12.3. The molecule has 5 heteroatoms. The van der Waals surface area contributed by atoms with E-state index in [0.29, 0.717) is 55.1 Å². The van der Waals surface area contributed by atoms with E-state index in [2.05, 4.69) is 0 Å². The van der Waals surface area contributed by atoms with Crippen LogP contribution < -0.4 is 10.3 Å². The SMILES string of the molecule is CCCc1c(O)ccc2c(=O)cc(N3CCOCC3)oc12. The van der Waals surface area contributed by atoms with Gasteiger partial charge in [-0.2, -0.15) is 0 Å². The average Bonchev–Trinajstić information content (AvgIpc) is 2.51. The third kappa shape index (κ3) is 2.61. The molecule has 1 aliphatic heterocycles. The number of fused-ring (bicyclic) bond motifs is 1. The summed E-state index contributed by atoms with van der Waals surface area (Å²) in [7, 11) is 0. The fourth-order valence-electron chi connectivity index (χ4n) is 2.68. The molecule has 0 aliphatic carbocycles. The third-order valence-corrected chi connectivity index (χ3v) is 3.79. The summed E-state index contributed by atoms with van der Waals surface area (Å²) in [5, 5.41) is 10.6. The molecule has 0 radical (unpaired) electrons. The van der Waals surface area contributed by atoms with E-state index >= 15 is 0 Å². The molecule has 1 aromatic heterocycles. The first-order chi connectivity index (χ1) is 10.2. The Labute approximate surface area is 122 Å². The number of hydrogen-bond acceptors (Lipinski definition) is 5. The van der Waals surface area contributed by atoms with Gasteiger partial charge in [0, 0.05) is 24.7 Å². The number of aromatic hydroxyl groups is 1. The van der Waals surface area contributed by atoms with Crippen molar-refractivity contribution in [3.8, 4) is 5.75 Å². The molecule has 2 heterocycles. The number of hydrogen-bond donors (Lipinski definition) is 1. The Morgan fingerprint density at radius 1 is 1.29 bits per heavy atom. The molecule has 0 bridgehead atoms. The van der Waals surface area contributed by atoms with Crippen molar-refractivity contribution in [3.63, 3.8) is 0 Å². The van der Waals surface area contributed by atoms with Crippen LogP contribution in [-0.4, -0.2) is 31.4 Å². The van der Waals surface area contributed by atoms with Gasteiger partial charge in [-0.3, -0.25) is 4.79 Å². The van der Waals surface area contributed by atoms with Gasteiger partial charge >= 0.3 is 0 Å². The minimum atomic E-state index is -0.0740. The highest BCUT2D eigenvalue weighted by Gasteiger charge is 2.17. The molecule has 1 aromatic carbocycles. The van der Waals surface area contributed by atoms with Crippen LogP contribution in [0.3, 0.4) is 0 Å². The molecule has 0 atom stereocenters. The van der Waals surface area contributed by atoms with Gasteiger partial charge < -0.3 is 19.2 Å². The van der Waals surface area contributed by atoms with E-state index in [1.165, 1.54) is 6.07 Å². The van der Waals surface area contributed by atoms with E-state index in [1.807, 2.05) is 11.8 Å². The van der Waals surface area contributed by atoms with Gasteiger partial charge in [0.15, 0.2) is 11.3 Å². The van der Waals surface area contributed by atoms with Crippen molar-refractivity contribution in [2.75, 3.05) is 31.2 Å². The molecule has 1 fully saturated rings. The van der Waals surface area contributed by atoms with Crippen LogP contribution in [0.25, 0.3) is 11.0 Å². The van der Waals surface area contributed by atoms with Gasteiger partial charge in [0.1, 0.15) is 11.3 Å². The Bertz CT molecular complexity index is 701. The first-order valence-corrected chi connectivity index (χ1v) is 7.32. The van der Waals surface area contributed by atoms with Crippen molar-refractivity contribution in [3.05, 3.63) is 34.0 Å². The number of phenolic OH excluding ortho intramolecular Hbond substituents is 1. The number of ether oxygens (including phenoxy) is 1. The number of rotatable bonds is 3. The van der Waals surface area contributed by atoms with E-state index in [0.717, 1.165) is 6.42 Å². The molecule has 1 aliphatic rings. The van der Waals surface area contributed by atoms with Crippen LogP contribution in [0.4, 0.5) is 5.88 Å². The summed E-state index contributed by atoms with van der Waals surface area (Å²) in [6.45, 7) is 4.70. The number of phenols is 1. The third-order valence-electron chi connectivity index (χ3n) is 3.79. The fraction of sp³-hybridized carbons (Fsp3) is 0.438. The van der Waals surface area contributed by atoms with Crippen LogP contribution in [-0.2, 0) is 11.2 Å². The number of benzene rings is 1. The molecule has 112 valence electrons. The first kappa shape index (κ1) is 13.9. The lowest BCUT2D eigenvalue weighted by Gasteiger charge is -2.27. The van der Waals surface area contributed by atoms with Crippen molar-refractivity contribution in [2.45, 2.75) is 19.8 Å². The van der Waals surface area contributed by atoms with Crippen LogP contribution in [0.2, 0.25) is 0 Å². The van der Waals surface area contributed by atoms with Gasteiger partial charge in [-0.05, 0) is 18.6 Å². The Balaban J connectivity index is 2.16. The number of nitrogens with zero attached hydrogens (tertiary/aromatic N) is 1. The average molecular weight is 289 g/mol. The van der Waals surface area contributed by atoms with Crippen LogP contribution in [0.1, 0.15) is 18.9 Å². The zero-order valence-corrected chi connectivity index (χ0v) is 12.1. The predicted molar refractivity (Wildman–Crippen MR) is 81.2 cm³/mol. The molecule has 0 spiro atoms. The van der Waals surface area contributed by atoms with Crippen LogP contribution in [0, 0.1) is 0 Å². The number of aryl methyl sites for hydroxylation is 1. The molecule has 1 saturated heterocycles. The summed E-state index contributed by atoms with van der Waals surface area (Å²) in [4.78, 5) is 14.3. The van der Waals surface area contributed by atoms with Crippen molar-refractivity contribution in [2.24, 2.45) is 0 Å². The molecule has 0 amide bonds. The lowest BCUT2D eigenvalue weighted by atomic mass is 10.1. The summed E-state index contributed by atoms with van der Waals surface area (Å²) in [6, 6.07) is 4.72. The second-order valence-corrected chi connectivity index (χ2v) is 5.24. The molecule has 1 N–H and O–H groups in total. The maximum Gasteiger partial charge on any atom is 0.200 e. The van der Waals surface area contributed by atoms with Crippen molar-refractivity contribution >= 4 is 16.9 Å². The van der Waals surface area contributed by atoms with Gasteiger partial charge in [-0.25, -0.2) is 0 Å². The van der Waals surface area contributed by atoms with Crippen molar-refractivity contribution in [1.82, 2.24) is 0 Å². The molecule has 5 nitrogen and oxygen atoms in total. The Kier molecular flexibility index (Phi) is 3.84. The smallest absolute Gasteiger partial charge is 0.200 e. The summed E-state index contributed by atoms with van der Waals surface area (Å²) < 4.78 is 11.3. The largest absolute Gasteiger partial charge is 0.508 e. The van der Waals surface area contributed by atoms with Crippen LogP contribution >= 0.6 is 0 Å². The zero-order chi connectivity index (χ0) is 14.8. The van der Waals surface area contributed by atoms with Gasteiger partial charge in [-0.15, -0.1) is 0 Å². The molecular weight excluding hydrogens is 270 g/mol. The fourth-order valence-corrected chi connectivity index (χ4v) is 2.68. The Hall–Kier alpha value is -2.01. The summed E-state index contributed by atoms with van der Waals surface area (Å²) >= 11 is 0. The quantitative estimate of drug-likeness (QED) is 0.939. The summed E-state index contributed by atoms with van der Waals surface area (Å²) in [5.41, 5.74) is 1.14. The van der Waals surface area contributed by atoms with Crippen LogP contribution in [0.15, 0.2) is 27.4 Å². The lowest BCUT2D eigenvalue weighted by Crippen LogP contribution is -2.36. The highest BCUT2D eigenvalue weighted by Crippen LogP contribution is 2.29. The van der Waals surface area contributed by atoms with E-state index in [4.69, 9.17) is 9.15 Å². The number of morpholine rings is 1. The topological polar surface area (TPSA) is 62.9 Å². The highest BCUT2D eigenvalue weighted by molar-refractivity contribution is 5.83. The Morgan fingerprint density at radius 3 is 2.76 bits per heavy atom. The van der Waals surface area contributed by atoms with Crippen molar-refractivity contribution < 1.29 is 14.3 Å². The molecule has 3 rings (SSSR count). The van der Waals surface area contributed by atoms with Crippen molar-refractivity contribution in [1.29, 1.82) is 0 Å². The van der Waals surface area contributed by atoms with E-state index in [9.17, 15) is 9.90 Å². The monoisotopic (exact) mass is 289 g/mol. The predicted octanol–water partition coefficient (Wildman–Crippen LogP) is 2.29. The van der Waals surface area contributed by atoms with Crippen LogP contribution in [0.5, 0.6) is 5.75 Å². The normalized spacial score (nSPS) is 15.6. The van der Waals surface area contributed by atoms with Gasteiger partial charge in [-0.1, -0.05) is 13.3 Å². The minimum absolute atomic E-state index is 0.0740. The summed E-state index contributed by atoms with van der Waals surface area (Å²) in [5.74, 6) is 0.741. The second kappa shape index (κ2) is 5.77. The number of anilines is 1. The molecule has 0 unspecified atom stereocenters. The molecule has 21 heavy (non-hydrogen) atoms. The standard InChI is InChI=1S/C16H19NO4/c1-2-3-11-13(18)5-4-12-14(19)10-15(21-16(11)12)17-6-8-20-9-7-17/h4-5,10,18H,2-3,6-9H2,1H3. The highest BCUT2D eigenvalue weighted by atomic mass is 16.5. The van der Waals surface area contributed by atoms with Gasteiger partial charge in [0.05, 0.1) is 18.6 Å². The molecule has 0 saturated carbocycles. The summed E-state index contributed by atoms with van der Waals surface area (Å²) in [6.07, 6.45) is 1.55. The second-order valence-electron chi connectivity index (χ2n) is 5.24. The maximum atomic E-state index is 12.3. The minimum Gasteiger partial charge on any atom is -0.508 e. The lowest BCUT2D eigenvalue weighted by molar-refractivity contribution is 0.121. The van der Waals surface area contributed by atoms with E-state index in [1.54, 1.807) is 12.1 Å². The first-order valence-electron chi connectivity index (χ1n) is 7.32. The van der Waals surface area contributed by atoms with Gasteiger partial charge in [0.2, 0.25) is 0 Å². The molecule has 2 aromatic rings. The molecular formula is C16H19NO4. The Morgan fingerprint density at radius 2 is 2.05 bits per heavy atom.